The van der Waals surface area contributed by atoms with Crippen LogP contribution >= 0.6 is 0 Å². The fourth-order valence-corrected chi connectivity index (χ4v) is 3.01. The fraction of sp³-hybridized carbons (Fsp3) is 0.588. The van der Waals surface area contributed by atoms with Crippen molar-refractivity contribution in [2.75, 3.05) is 19.6 Å². The molecule has 116 valence electrons. The van der Waals surface area contributed by atoms with E-state index in [9.17, 15) is 4.79 Å². The lowest BCUT2D eigenvalue weighted by Crippen LogP contribution is -2.45. The van der Waals surface area contributed by atoms with E-state index in [1.165, 1.54) is 11.1 Å². The van der Waals surface area contributed by atoms with E-state index in [2.05, 4.69) is 34.5 Å². The molecule has 0 saturated heterocycles. The molecule has 4 nitrogen and oxygen atoms in total. The third-order valence-electron chi connectivity index (χ3n) is 4.11. The number of carbonyl (C=O) groups excluding carboxylic acids is 1. The normalized spacial score (nSPS) is 17.1. The number of carbonyl (C=O) groups is 1. The summed E-state index contributed by atoms with van der Waals surface area (Å²) < 4.78 is 0. The van der Waals surface area contributed by atoms with Gasteiger partial charge in [0.05, 0.1) is 0 Å². The van der Waals surface area contributed by atoms with Crippen molar-refractivity contribution in [3.8, 4) is 0 Å². The van der Waals surface area contributed by atoms with Gasteiger partial charge in [0.2, 0.25) is 5.91 Å². The minimum atomic E-state index is 0.0993. The standard InChI is InChI=1S/C17H27N3O/c1-13(2)19-17(21)11-16(12-18)20-9-7-14-5-3-4-6-15(14)8-10-20/h3-6,13,16H,7-12,18H2,1-2H3,(H,19,21). The van der Waals surface area contributed by atoms with Gasteiger partial charge in [0.25, 0.3) is 0 Å². The predicted molar refractivity (Wildman–Crippen MR) is 86.2 cm³/mol. The Morgan fingerprint density at radius 3 is 2.29 bits per heavy atom. The van der Waals surface area contributed by atoms with Crippen LogP contribution in [0.4, 0.5) is 0 Å². The third-order valence-corrected chi connectivity index (χ3v) is 4.11. The Hall–Kier alpha value is -1.39. The number of fused-ring (bicyclic) bond motifs is 1. The first-order valence-corrected chi connectivity index (χ1v) is 7.90. The summed E-state index contributed by atoms with van der Waals surface area (Å²) in [7, 11) is 0. The SMILES string of the molecule is CC(C)NC(=O)CC(CN)N1CCc2ccccc2CC1. The first kappa shape index (κ1) is 16.0. The molecule has 1 atom stereocenters. The molecular formula is C17H27N3O. The van der Waals surface area contributed by atoms with Gasteiger partial charge in [-0.3, -0.25) is 9.69 Å². The molecule has 0 aliphatic carbocycles. The maximum atomic E-state index is 12.0. The number of hydrogen-bond donors (Lipinski definition) is 2. The van der Waals surface area contributed by atoms with Crippen molar-refractivity contribution in [1.29, 1.82) is 0 Å². The summed E-state index contributed by atoms with van der Waals surface area (Å²) in [4.78, 5) is 14.4. The number of hydrogen-bond acceptors (Lipinski definition) is 3. The number of nitrogens with two attached hydrogens (primary N) is 1. The summed E-state index contributed by atoms with van der Waals surface area (Å²) in [5.74, 6) is 0.0993. The van der Waals surface area contributed by atoms with Crippen LogP contribution in [0.3, 0.4) is 0 Å². The van der Waals surface area contributed by atoms with E-state index in [0.717, 1.165) is 25.9 Å². The molecule has 4 heteroatoms. The van der Waals surface area contributed by atoms with Gasteiger partial charge in [-0.05, 0) is 37.8 Å². The van der Waals surface area contributed by atoms with Gasteiger partial charge >= 0.3 is 0 Å². The van der Waals surface area contributed by atoms with E-state index in [4.69, 9.17) is 5.73 Å². The summed E-state index contributed by atoms with van der Waals surface area (Å²) in [6.45, 7) is 6.46. The molecule has 2 rings (SSSR count). The predicted octanol–water partition coefficient (Wildman–Crippen LogP) is 1.33. The zero-order valence-electron chi connectivity index (χ0n) is 13.1. The van der Waals surface area contributed by atoms with Crippen molar-refractivity contribution >= 4 is 5.91 Å². The van der Waals surface area contributed by atoms with Crippen molar-refractivity contribution in [3.05, 3.63) is 35.4 Å². The highest BCUT2D eigenvalue weighted by molar-refractivity contribution is 5.76. The molecule has 0 aromatic heterocycles. The second-order valence-corrected chi connectivity index (χ2v) is 6.12. The van der Waals surface area contributed by atoms with Crippen LogP contribution in [0.15, 0.2) is 24.3 Å². The highest BCUT2D eigenvalue weighted by atomic mass is 16.1. The lowest BCUT2D eigenvalue weighted by Gasteiger charge is -2.29. The number of amides is 1. The van der Waals surface area contributed by atoms with Crippen molar-refractivity contribution in [3.63, 3.8) is 0 Å². The van der Waals surface area contributed by atoms with Crippen LogP contribution < -0.4 is 11.1 Å². The van der Waals surface area contributed by atoms with Gasteiger partial charge in [-0.25, -0.2) is 0 Å². The average Bonchev–Trinajstić information content (AvgIpc) is 2.66. The third kappa shape index (κ3) is 4.55. The van der Waals surface area contributed by atoms with E-state index in [-0.39, 0.29) is 18.0 Å². The van der Waals surface area contributed by atoms with E-state index >= 15 is 0 Å². The summed E-state index contributed by atoms with van der Waals surface area (Å²) in [5.41, 5.74) is 8.78. The molecule has 1 amide bonds. The Labute approximate surface area is 127 Å². The van der Waals surface area contributed by atoms with Gasteiger partial charge in [-0.2, -0.15) is 0 Å². The van der Waals surface area contributed by atoms with Crippen LogP contribution in [0, 0.1) is 0 Å². The molecular weight excluding hydrogens is 262 g/mol. The second-order valence-electron chi connectivity index (χ2n) is 6.12. The van der Waals surface area contributed by atoms with Crippen molar-refractivity contribution < 1.29 is 4.79 Å². The topological polar surface area (TPSA) is 58.4 Å². The molecule has 1 aromatic carbocycles. The van der Waals surface area contributed by atoms with Gasteiger partial charge in [-0.15, -0.1) is 0 Å². The molecule has 0 saturated carbocycles. The fourth-order valence-electron chi connectivity index (χ4n) is 3.01. The van der Waals surface area contributed by atoms with E-state index in [1.807, 2.05) is 13.8 Å². The van der Waals surface area contributed by atoms with E-state index in [0.29, 0.717) is 13.0 Å². The van der Waals surface area contributed by atoms with Crippen LogP contribution in [0.5, 0.6) is 0 Å². The number of nitrogens with one attached hydrogen (secondary N) is 1. The Morgan fingerprint density at radius 2 is 1.81 bits per heavy atom. The Balaban J connectivity index is 1.96. The minimum absolute atomic E-state index is 0.0993. The molecule has 0 radical (unpaired) electrons. The van der Waals surface area contributed by atoms with E-state index in [1.54, 1.807) is 0 Å². The minimum Gasteiger partial charge on any atom is -0.354 e. The van der Waals surface area contributed by atoms with Gasteiger partial charge in [0.15, 0.2) is 0 Å². The maximum absolute atomic E-state index is 12.0. The Kier molecular flexibility index (Phi) is 5.76. The lowest BCUT2D eigenvalue weighted by molar-refractivity contribution is -0.122. The summed E-state index contributed by atoms with van der Waals surface area (Å²) in [6, 6.07) is 8.95. The number of nitrogens with zero attached hydrogens (tertiary/aromatic N) is 1. The first-order chi connectivity index (χ1) is 10.1. The van der Waals surface area contributed by atoms with Crippen molar-refractivity contribution in [2.24, 2.45) is 5.73 Å². The van der Waals surface area contributed by atoms with Gasteiger partial charge < -0.3 is 11.1 Å². The average molecular weight is 289 g/mol. The highest BCUT2D eigenvalue weighted by Crippen LogP contribution is 2.17. The number of benzene rings is 1. The van der Waals surface area contributed by atoms with Crippen LogP contribution in [-0.2, 0) is 17.6 Å². The quantitative estimate of drug-likeness (QED) is 0.860. The lowest BCUT2D eigenvalue weighted by atomic mass is 10.0. The highest BCUT2D eigenvalue weighted by Gasteiger charge is 2.22. The van der Waals surface area contributed by atoms with Crippen molar-refractivity contribution in [2.45, 2.75) is 45.2 Å². The van der Waals surface area contributed by atoms with Crippen LogP contribution in [0.1, 0.15) is 31.4 Å². The maximum Gasteiger partial charge on any atom is 0.221 e. The van der Waals surface area contributed by atoms with Crippen LogP contribution in [0.25, 0.3) is 0 Å². The Morgan fingerprint density at radius 1 is 1.24 bits per heavy atom. The molecule has 21 heavy (non-hydrogen) atoms. The van der Waals surface area contributed by atoms with Gasteiger partial charge in [0, 0.05) is 38.1 Å². The smallest absolute Gasteiger partial charge is 0.221 e. The molecule has 1 unspecified atom stereocenters. The van der Waals surface area contributed by atoms with Crippen LogP contribution in [0.2, 0.25) is 0 Å². The summed E-state index contributed by atoms with van der Waals surface area (Å²) in [5, 5.41) is 2.96. The molecule has 0 fully saturated rings. The summed E-state index contributed by atoms with van der Waals surface area (Å²) >= 11 is 0. The molecule has 0 bridgehead atoms. The van der Waals surface area contributed by atoms with E-state index < -0.39 is 0 Å². The molecule has 1 aromatic rings. The van der Waals surface area contributed by atoms with Crippen LogP contribution in [-0.4, -0.2) is 42.5 Å². The molecule has 1 heterocycles. The molecule has 1 aliphatic heterocycles. The Bertz CT molecular complexity index is 446. The molecule has 0 spiro atoms. The second kappa shape index (κ2) is 7.57. The summed E-state index contributed by atoms with van der Waals surface area (Å²) in [6.07, 6.45) is 2.57. The largest absolute Gasteiger partial charge is 0.354 e. The molecule has 3 N–H and O–H groups in total. The monoisotopic (exact) mass is 289 g/mol. The van der Waals surface area contributed by atoms with Crippen molar-refractivity contribution in [1.82, 2.24) is 10.2 Å². The zero-order valence-corrected chi connectivity index (χ0v) is 13.1. The first-order valence-electron chi connectivity index (χ1n) is 7.90. The zero-order chi connectivity index (χ0) is 15.2. The van der Waals surface area contributed by atoms with Gasteiger partial charge in [0.1, 0.15) is 0 Å². The molecule has 1 aliphatic rings. The van der Waals surface area contributed by atoms with Gasteiger partial charge in [-0.1, -0.05) is 24.3 Å². The number of rotatable bonds is 5.